The molecule has 12 heavy (non-hydrogen) atoms. The van der Waals surface area contributed by atoms with Crippen molar-refractivity contribution in [1.82, 2.24) is 10.2 Å². The smallest absolute Gasteiger partial charge is 0.277 e. The van der Waals surface area contributed by atoms with Crippen molar-refractivity contribution in [3.8, 4) is 6.07 Å². The lowest BCUT2D eigenvalue weighted by molar-refractivity contribution is 0.429. The van der Waals surface area contributed by atoms with Crippen molar-refractivity contribution < 1.29 is 4.42 Å². The number of nitriles is 1. The van der Waals surface area contributed by atoms with Gasteiger partial charge in [0, 0.05) is 6.92 Å². The predicted octanol–water partition coefficient (Wildman–Crippen LogP) is 1.77. The lowest BCUT2D eigenvalue weighted by atomic mass is 10.4. The van der Waals surface area contributed by atoms with Crippen molar-refractivity contribution in [2.75, 3.05) is 0 Å². The van der Waals surface area contributed by atoms with E-state index < -0.39 is 0 Å². The largest absolute Gasteiger partial charge is 0.416 e. The quantitative estimate of drug-likeness (QED) is 0.668. The molecule has 64 valence electrons. The van der Waals surface area contributed by atoms with Crippen molar-refractivity contribution >= 4 is 11.8 Å². The van der Waals surface area contributed by atoms with Gasteiger partial charge >= 0.3 is 0 Å². The summed E-state index contributed by atoms with van der Waals surface area (Å²) < 4.78 is 5.11. The zero-order chi connectivity index (χ0) is 8.97. The lowest BCUT2D eigenvalue weighted by Gasteiger charge is -1.98. The molecule has 0 aliphatic carbocycles. The molecule has 0 aromatic carbocycles. The second kappa shape index (κ2) is 4.12. The van der Waals surface area contributed by atoms with Crippen LogP contribution in [0.1, 0.15) is 19.2 Å². The third kappa shape index (κ3) is 2.24. The standard InChI is InChI=1S/C7H9N3OS/c1-3-6(4-8)12-7-10-9-5(2)11-7/h6H,3H2,1-2H3. The second-order valence-corrected chi connectivity index (χ2v) is 3.38. The van der Waals surface area contributed by atoms with E-state index in [1.807, 2.05) is 6.92 Å². The fourth-order valence-electron chi connectivity index (χ4n) is 0.649. The summed E-state index contributed by atoms with van der Waals surface area (Å²) in [5, 5.41) is 16.5. The van der Waals surface area contributed by atoms with Crippen molar-refractivity contribution in [2.45, 2.75) is 30.7 Å². The molecule has 1 unspecified atom stereocenters. The first kappa shape index (κ1) is 9.07. The highest BCUT2D eigenvalue weighted by molar-refractivity contribution is 7.99. The predicted molar refractivity (Wildman–Crippen MR) is 44.6 cm³/mol. The normalized spacial score (nSPS) is 12.4. The summed E-state index contributed by atoms with van der Waals surface area (Å²) in [5.41, 5.74) is 0. The molecule has 0 amide bonds. The Morgan fingerprint density at radius 1 is 1.67 bits per heavy atom. The Labute approximate surface area is 75.0 Å². The SMILES string of the molecule is CCC(C#N)Sc1nnc(C)o1. The molecule has 4 nitrogen and oxygen atoms in total. The first-order valence-electron chi connectivity index (χ1n) is 3.62. The molecule has 1 rings (SSSR count). The number of thioether (sulfide) groups is 1. The number of nitrogens with zero attached hydrogens (tertiary/aromatic N) is 3. The van der Waals surface area contributed by atoms with Crippen LogP contribution in [0.3, 0.4) is 0 Å². The highest BCUT2D eigenvalue weighted by Gasteiger charge is 2.11. The van der Waals surface area contributed by atoms with Gasteiger partial charge in [0.25, 0.3) is 5.22 Å². The number of hydrogen-bond acceptors (Lipinski definition) is 5. The zero-order valence-corrected chi connectivity index (χ0v) is 7.76. The monoisotopic (exact) mass is 183 g/mol. The minimum Gasteiger partial charge on any atom is -0.416 e. The van der Waals surface area contributed by atoms with Gasteiger partial charge in [-0.2, -0.15) is 5.26 Å². The Balaban J connectivity index is 2.58. The fourth-order valence-corrected chi connectivity index (χ4v) is 1.37. The molecular formula is C7H9N3OS. The van der Waals surface area contributed by atoms with E-state index in [0.717, 1.165) is 6.42 Å². The highest BCUT2D eigenvalue weighted by atomic mass is 32.2. The van der Waals surface area contributed by atoms with Crippen LogP contribution in [0.5, 0.6) is 0 Å². The Hall–Kier alpha value is -1.02. The van der Waals surface area contributed by atoms with E-state index in [0.29, 0.717) is 11.1 Å². The maximum Gasteiger partial charge on any atom is 0.277 e. The molecule has 0 bridgehead atoms. The average molecular weight is 183 g/mol. The summed E-state index contributed by atoms with van der Waals surface area (Å²) in [4.78, 5) is 0. The fraction of sp³-hybridized carbons (Fsp3) is 0.571. The molecule has 0 fully saturated rings. The Morgan fingerprint density at radius 3 is 2.83 bits per heavy atom. The van der Waals surface area contributed by atoms with Crippen molar-refractivity contribution in [3.63, 3.8) is 0 Å². The number of aryl methyl sites for hydroxylation is 1. The molecule has 0 N–H and O–H groups in total. The molecule has 5 heteroatoms. The van der Waals surface area contributed by atoms with Crippen LogP contribution in [0, 0.1) is 18.3 Å². The minimum absolute atomic E-state index is 0.0927. The number of aromatic nitrogens is 2. The van der Waals surface area contributed by atoms with Crippen LogP contribution >= 0.6 is 11.8 Å². The third-order valence-corrected chi connectivity index (χ3v) is 2.36. The molecule has 0 aliphatic rings. The Morgan fingerprint density at radius 2 is 2.42 bits per heavy atom. The molecular weight excluding hydrogens is 174 g/mol. The van der Waals surface area contributed by atoms with Gasteiger partial charge in [-0.1, -0.05) is 6.92 Å². The van der Waals surface area contributed by atoms with E-state index >= 15 is 0 Å². The summed E-state index contributed by atoms with van der Waals surface area (Å²) >= 11 is 1.31. The first-order chi connectivity index (χ1) is 5.76. The van der Waals surface area contributed by atoms with Crippen LogP contribution in [0.15, 0.2) is 9.64 Å². The summed E-state index contributed by atoms with van der Waals surface area (Å²) in [5.74, 6) is 0.533. The average Bonchev–Trinajstić information content (AvgIpc) is 2.47. The molecule has 0 saturated heterocycles. The summed E-state index contributed by atoms with van der Waals surface area (Å²) in [6, 6.07) is 2.14. The Kier molecular flexibility index (Phi) is 3.11. The van der Waals surface area contributed by atoms with Crippen molar-refractivity contribution in [1.29, 1.82) is 5.26 Å². The van der Waals surface area contributed by atoms with Gasteiger partial charge in [-0.15, -0.1) is 10.2 Å². The molecule has 0 aliphatic heterocycles. The third-order valence-electron chi connectivity index (χ3n) is 1.27. The van der Waals surface area contributed by atoms with Crippen LogP contribution in [-0.4, -0.2) is 15.4 Å². The number of hydrogen-bond donors (Lipinski definition) is 0. The highest BCUT2D eigenvalue weighted by Crippen LogP contribution is 2.22. The van der Waals surface area contributed by atoms with E-state index in [1.54, 1.807) is 6.92 Å². The molecule has 0 radical (unpaired) electrons. The van der Waals surface area contributed by atoms with E-state index in [2.05, 4.69) is 16.3 Å². The molecule has 1 aromatic heterocycles. The summed E-state index contributed by atoms with van der Waals surface area (Å²) in [7, 11) is 0. The van der Waals surface area contributed by atoms with Crippen molar-refractivity contribution in [2.24, 2.45) is 0 Å². The maximum absolute atomic E-state index is 8.63. The van der Waals surface area contributed by atoms with E-state index in [1.165, 1.54) is 11.8 Å². The topological polar surface area (TPSA) is 62.7 Å². The molecule has 1 atom stereocenters. The Bertz CT molecular complexity index is 291. The molecule has 0 spiro atoms. The van der Waals surface area contributed by atoms with Crippen LogP contribution < -0.4 is 0 Å². The second-order valence-electron chi connectivity index (χ2n) is 2.23. The van der Waals surface area contributed by atoms with Gasteiger partial charge < -0.3 is 4.42 Å². The molecule has 1 aromatic rings. The molecule has 1 heterocycles. The van der Waals surface area contributed by atoms with Gasteiger partial charge in [0.2, 0.25) is 5.89 Å². The van der Waals surface area contributed by atoms with Gasteiger partial charge in [0.15, 0.2) is 0 Å². The van der Waals surface area contributed by atoms with E-state index in [4.69, 9.17) is 9.68 Å². The lowest BCUT2D eigenvalue weighted by Crippen LogP contribution is -1.94. The summed E-state index contributed by atoms with van der Waals surface area (Å²) in [6.07, 6.45) is 0.780. The van der Waals surface area contributed by atoms with Crippen LogP contribution in [0.4, 0.5) is 0 Å². The first-order valence-corrected chi connectivity index (χ1v) is 4.50. The molecule has 0 saturated carbocycles. The van der Waals surface area contributed by atoms with Crippen LogP contribution in [0.2, 0.25) is 0 Å². The van der Waals surface area contributed by atoms with Gasteiger partial charge in [-0.05, 0) is 18.2 Å². The minimum atomic E-state index is -0.0927. The summed E-state index contributed by atoms with van der Waals surface area (Å²) in [6.45, 7) is 3.68. The van der Waals surface area contributed by atoms with Gasteiger partial charge in [-0.25, -0.2) is 0 Å². The van der Waals surface area contributed by atoms with Crippen molar-refractivity contribution in [3.05, 3.63) is 5.89 Å². The van der Waals surface area contributed by atoms with Crippen LogP contribution in [-0.2, 0) is 0 Å². The number of rotatable bonds is 3. The van der Waals surface area contributed by atoms with E-state index in [-0.39, 0.29) is 5.25 Å². The van der Waals surface area contributed by atoms with Crippen LogP contribution in [0.25, 0.3) is 0 Å². The van der Waals surface area contributed by atoms with Gasteiger partial charge in [-0.3, -0.25) is 0 Å². The van der Waals surface area contributed by atoms with Gasteiger partial charge in [0.1, 0.15) is 5.25 Å². The maximum atomic E-state index is 8.63. The zero-order valence-electron chi connectivity index (χ0n) is 6.94. The van der Waals surface area contributed by atoms with Gasteiger partial charge in [0.05, 0.1) is 6.07 Å². The van der Waals surface area contributed by atoms with E-state index in [9.17, 15) is 0 Å².